The van der Waals surface area contributed by atoms with Gasteiger partial charge in [-0.15, -0.1) is 0 Å². The van der Waals surface area contributed by atoms with Crippen molar-refractivity contribution in [3.63, 3.8) is 0 Å². The maximum absolute atomic E-state index is 13.2. The minimum absolute atomic E-state index is 0.131. The molecular weight excluding hydrogens is 428 g/mol. The van der Waals surface area contributed by atoms with Gasteiger partial charge in [-0.2, -0.15) is 0 Å². The molecule has 3 rings (SSSR count). The largest absolute Gasteiger partial charge is 0.507 e. The lowest BCUT2D eigenvalue weighted by atomic mass is 9.93. The molecule has 1 saturated heterocycles. The number of ether oxygens (including phenoxy) is 1. The van der Waals surface area contributed by atoms with Gasteiger partial charge in [-0.1, -0.05) is 52.0 Å². The molecule has 6 nitrogen and oxygen atoms in total. The van der Waals surface area contributed by atoms with Crippen LogP contribution in [0, 0.1) is 0 Å². The number of carbonyl (C=O) groups is 2. The third-order valence-corrected chi connectivity index (χ3v) is 6.45. The fourth-order valence-corrected chi connectivity index (χ4v) is 4.34. The van der Waals surface area contributed by atoms with Gasteiger partial charge in [0.2, 0.25) is 0 Å². The highest BCUT2D eigenvalue weighted by atomic mass is 16.5. The number of nitrogens with zero attached hydrogens (tertiary/aromatic N) is 2. The third kappa shape index (κ3) is 5.33. The Kier molecular flexibility index (Phi) is 8.51. The topological polar surface area (TPSA) is 70.1 Å². The first-order chi connectivity index (χ1) is 16.3. The Hall–Kier alpha value is -3.12. The van der Waals surface area contributed by atoms with Crippen LogP contribution in [0.4, 0.5) is 0 Å². The molecule has 6 heteroatoms. The summed E-state index contributed by atoms with van der Waals surface area (Å²) in [6.07, 6.45) is 0. The second-order valence-electron chi connectivity index (χ2n) is 8.80. The van der Waals surface area contributed by atoms with Crippen molar-refractivity contribution >= 4 is 17.4 Å². The summed E-state index contributed by atoms with van der Waals surface area (Å²) in [5.41, 5.74) is 2.60. The van der Waals surface area contributed by atoms with Crippen LogP contribution >= 0.6 is 0 Å². The molecule has 0 bridgehead atoms. The first-order valence-corrected chi connectivity index (χ1v) is 12.2. The number of ketones is 1. The van der Waals surface area contributed by atoms with E-state index >= 15 is 0 Å². The van der Waals surface area contributed by atoms with Gasteiger partial charge in [-0.25, -0.2) is 0 Å². The number of likely N-dealkylation sites (tertiary alicyclic amines) is 1. The van der Waals surface area contributed by atoms with E-state index in [1.54, 1.807) is 29.2 Å². The van der Waals surface area contributed by atoms with Crippen LogP contribution in [0.1, 0.15) is 63.3 Å². The van der Waals surface area contributed by atoms with Gasteiger partial charge in [0.25, 0.3) is 11.7 Å². The van der Waals surface area contributed by atoms with E-state index in [2.05, 4.69) is 32.6 Å². The smallest absolute Gasteiger partial charge is 0.295 e. The number of benzene rings is 2. The van der Waals surface area contributed by atoms with Gasteiger partial charge in [-0.05, 0) is 61.3 Å². The van der Waals surface area contributed by atoms with Crippen molar-refractivity contribution in [1.29, 1.82) is 0 Å². The molecule has 1 atom stereocenters. The van der Waals surface area contributed by atoms with Crippen LogP contribution in [0.25, 0.3) is 5.76 Å². The summed E-state index contributed by atoms with van der Waals surface area (Å²) in [4.78, 5) is 30.1. The number of rotatable bonds is 10. The fourth-order valence-electron chi connectivity index (χ4n) is 4.34. The highest BCUT2D eigenvalue weighted by Gasteiger charge is 2.45. The first kappa shape index (κ1) is 25.5. The number of aliphatic hydroxyl groups excluding tert-OH is 1. The number of hydrogen-bond acceptors (Lipinski definition) is 5. The quantitative estimate of drug-likeness (QED) is 0.305. The van der Waals surface area contributed by atoms with Crippen molar-refractivity contribution in [3.8, 4) is 5.75 Å². The summed E-state index contributed by atoms with van der Waals surface area (Å²) in [5.74, 6) is -0.336. The molecule has 34 heavy (non-hydrogen) atoms. The molecule has 0 aromatic heterocycles. The number of hydrogen-bond donors (Lipinski definition) is 1. The Morgan fingerprint density at radius 1 is 1.00 bits per heavy atom. The van der Waals surface area contributed by atoms with E-state index in [-0.39, 0.29) is 11.3 Å². The zero-order chi connectivity index (χ0) is 24.8. The Morgan fingerprint density at radius 2 is 1.62 bits per heavy atom. The van der Waals surface area contributed by atoms with Crippen molar-refractivity contribution in [2.75, 3.05) is 32.8 Å². The molecule has 0 aliphatic carbocycles. The predicted octanol–water partition coefficient (Wildman–Crippen LogP) is 4.97. The van der Waals surface area contributed by atoms with Crippen LogP contribution < -0.4 is 4.74 Å². The summed E-state index contributed by atoms with van der Waals surface area (Å²) in [7, 11) is 0. The first-order valence-electron chi connectivity index (χ1n) is 12.2. The van der Waals surface area contributed by atoms with Gasteiger partial charge in [-0.3, -0.25) is 9.59 Å². The second kappa shape index (κ2) is 11.3. The Balaban J connectivity index is 2.06. The van der Waals surface area contributed by atoms with Crippen LogP contribution in [-0.2, 0) is 9.59 Å². The summed E-state index contributed by atoms with van der Waals surface area (Å²) in [6.45, 7) is 13.6. The molecule has 1 aliphatic rings. The average Bonchev–Trinajstić information content (AvgIpc) is 3.10. The van der Waals surface area contributed by atoms with E-state index in [4.69, 9.17) is 4.74 Å². The van der Waals surface area contributed by atoms with Crippen molar-refractivity contribution in [2.24, 2.45) is 0 Å². The highest BCUT2D eigenvalue weighted by molar-refractivity contribution is 6.46. The van der Waals surface area contributed by atoms with Crippen LogP contribution in [0.5, 0.6) is 5.75 Å². The van der Waals surface area contributed by atoms with Crippen LogP contribution in [0.3, 0.4) is 0 Å². The average molecular weight is 465 g/mol. The number of aliphatic hydroxyl groups is 1. The lowest BCUT2D eigenvalue weighted by Gasteiger charge is -2.28. The molecule has 0 unspecified atom stereocenters. The lowest BCUT2D eigenvalue weighted by molar-refractivity contribution is -0.140. The zero-order valence-corrected chi connectivity index (χ0v) is 20.9. The van der Waals surface area contributed by atoms with E-state index in [0.29, 0.717) is 36.9 Å². The summed E-state index contributed by atoms with van der Waals surface area (Å²) < 4.78 is 5.49. The van der Waals surface area contributed by atoms with E-state index in [1.807, 2.05) is 31.2 Å². The van der Waals surface area contributed by atoms with Crippen molar-refractivity contribution in [3.05, 3.63) is 70.8 Å². The highest BCUT2D eigenvalue weighted by Crippen LogP contribution is 2.39. The molecular formula is C28H36N2O4. The Labute approximate surface area is 202 Å². The minimum atomic E-state index is -0.649. The molecule has 0 saturated carbocycles. The summed E-state index contributed by atoms with van der Waals surface area (Å²) >= 11 is 0. The predicted molar refractivity (Wildman–Crippen MR) is 135 cm³/mol. The Bertz CT molecular complexity index is 1020. The van der Waals surface area contributed by atoms with Gasteiger partial charge >= 0.3 is 0 Å². The molecule has 2 aromatic rings. The molecule has 0 spiro atoms. The van der Waals surface area contributed by atoms with Gasteiger partial charge in [0.1, 0.15) is 11.5 Å². The minimum Gasteiger partial charge on any atom is -0.507 e. The molecule has 1 aliphatic heterocycles. The van der Waals surface area contributed by atoms with Crippen molar-refractivity contribution in [2.45, 2.75) is 46.6 Å². The number of carbonyl (C=O) groups excluding carboxylic acids is 2. The van der Waals surface area contributed by atoms with E-state index in [0.717, 1.165) is 18.7 Å². The monoisotopic (exact) mass is 464 g/mol. The maximum Gasteiger partial charge on any atom is 0.295 e. The van der Waals surface area contributed by atoms with Crippen molar-refractivity contribution < 1.29 is 19.4 Å². The molecule has 2 aromatic carbocycles. The molecule has 1 fully saturated rings. The third-order valence-electron chi connectivity index (χ3n) is 6.45. The zero-order valence-electron chi connectivity index (χ0n) is 20.9. The molecule has 182 valence electrons. The number of amides is 1. The summed E-state index contributed by atoms with van der Waals surface area (Å²) in [6, 6.07) is 14.3. The van der Waals surface area contributed by atoms with E-state index in [1.165, 1.54) is 5.56 Å². The van der Waals surface area contributed by atoms with Gasteiger partial charge in [0.15, 0.2) is 0 Å². The molecule has 1 amide bonds. The molecule has 0 radical (unpaired) electrons. The van der Waals surface area contributed by atoms with Crippen molar-refractivity contribution in [1.82, 2.24) is 9.80 Å². The maximum atomic E-state index is 13.2. The molecule has 1 heterocycles. The van der Waals surface area contributed by atoms with Gasteiger partial charge in [0.05, 0.1) is 18.2 Å². The lowest BCUT2D eigenvalue weighted by Crippen LogP contribution is -2.38. The molecule has 1 N–H and O–H groups in total. The number of likely N-dealkylation sites (N-methyl/N-ethyl adjacent to an activating group) is 1. The fraction of sp³-hybridized carbons (Fsp3) is 0.429. The second-order valence-corrected chi connectivity index (χ2v) is 8.80. The number of Topliss-reactive ketones (excluding diaryl/α,β-unsaturated/α-hetero) is 1. The van der Waals surface area contributed by atoms with Gasteiger partial charge < -0.3 is 19.6 Å². The van der Waals surface area contributed by atoms with Crippen LogP contribution in [0.2, 0.25) is 0 Å². The van der Waals surface area contributed by atoms with E-state index in [9.17, 15) is 14.7 Å². The normalized spacial score (nSPS) is 17.7. The van der Waals surface area contributed by atoms with Crippen LogP contribution in [-0.4, -0.2) is 59.4 Å². The summed E-state index contributed by atoms with van der Waals surface area (Å²) in [5, 5.41) is 11.2. The SMILES string of the molecule is CCOc1ccc(/C(O)=C2\C(=O)C(=O)N(CCN(CC)CC)[C@H]2c2ccc(C(C)C)cc2)cc1. The standard InChI is InChI=1S/C28H36N2O4/c1-6-29(7-2)17-18-30-25(21-11-9-20(10-12-21)19(4)5)24(27(32)28(30)33)26(31)22-13-15-23(16-14-22)34-8-3/h9-16,19,25,31H,6-8,17-18H2,1-5H3/b26-24+/t25-/m0/s1. The van der Waals surface area contributed by atoms with Gasteiger partial charge in [0, 0.05) is 18.7 Å². The Morgan fingerprint density at radius 3 is 2.15 bits per heavy atom. The van der Waals surface area contributed by atoms with E-state index < -0.39 is 17.7 Å². The van der Waals surface area contributed by atoms with Crippen LogP contribution in [0.15, 0.2) is 54.1 Å².